The summed E-state index contributed by atoms with van der Waals surface area (Å²) < 4.78 is 0. The van der Waals surface area contributed by atoms with Gasteiger partial charge < -0.3 is 22.1 Å². The molecule has 1 rings (SSSR count). The first-order valence-electron chi connectivity index (χ1n) is 5.70. The van der Waals surface area contributed by atoms with Crippen molar-refractivity contribution in [2.75, 3.05) is 13.1 Å². The quantitative estimate of drug-likeness (QED) is 0.486. The van der Waals surface area contributed by atoms with Crippen molar-refractivity contribution in [1.29, 1.82) is 0 Å². The zero-order valence-corrected chi connectivity index (χ0v) is 10.6. The van der Waals surface area contributed by atoms with E-state index in [0.29, 0.717) is 25.9 Å². The van der Waals surface area contributed by atoms with Crippen molar-refractivity contribution in [2.24, 2.45) is 11.5 Å². The van der Waals surface area contributed by atoms with Crippen molar-refractivity contribution in [3.05, 3.63) is 0 Å². The van der Waals surface area contributed by atoms with Gasteiger partial charge in [0, 0.05) is 0 Å². The van der Waals surface area contributed by atoms with Crippen molar-refractivity contribution in [2.45, 2.75) is 37.8 Å². The molecule has 0 aromatic carbocycles. The molecule has 2 atom stereocenters. The number of piperazine rings is 1. The highest BCUT2D eigenvalue weighted by Gasteiger charge is 2.32. The maximum absolute atomic E-state index is 11.6. The molecule has 0 aromatic heterocycles. The van der Waals surface area contributed by atoms with E-state index in [1.807, 2.05) is 0 Å². The van der Waals surface area contributed by atoms with Crippen LogP contribution in [0.2, 0.25) is 0 Å². The Bertz CT molecular complexity index is 237. The molecule has 0 aromatic rings. The highest BCUT2D eigenvalue weighted by molar-refractivity contribution is 5.96. The molecule has 7 heteroatoms. The Hall–Kier alpha value is -0.850. The zero-order chi connectivity index (χ0) is 12.0. The number of amides is 2. The fraction of sp³-hybridized carbons (Fsp3) is 0.800. The predicted octanol–water partition coefficient (Wildman–Crippen LogP) is -1.13. The first kappa shape index (κ1) is 16.1. The number of carbonyl (C=O) groups is 2. The number of nitrogens with two attached hydrogens (primary N) is 2. The van der Waals surface area contributed by atoms with Gasteiger partial charge in [0.1, 0.15) is 12.1 Å². The maximum Gasteiger partial charge on any atom is 0.243 e. The van der Waals surface area contributed by atoms with Crippen LogP contribution < -0.4 is 22.1 Å². The molecular formula is C10H21ClN4O2. The van der Waals surface area contributed by atoms with E-state index in [1.54, 1.807) is 0 Å². The Kier molecular flexibility index (Phi) is 7.86. The smallest absolute Gasteiger partial charge is 0.243 e. The molecule has 6 N–H and O–H groups in total. The Morgan fingerprint density at radius 2 is 1.24 bits per heavy atom. The molecule has 1 heterocycles. The van der Waals surface area contributed by atoms with E-state index >= 15 is 0 Å². The highest BCUT2D eigenvalue weighted by Crippen LogP contribution is 2.07. The van der Waals surface area contributed by atoms with Crippen LogP contribution in [0.3, 0.4) is 0 Å². The Morgan fingerprint density at radius 3 is 1.53 bits per heavy atom. The molecule has 2 unspecified atom stereocenters. The lowest BCUT2D eigenvalue weighted by molar-refractivity contribution is -0.137. The molecular weight excluding hydrogens is 244 g/mol. The number of rotatable bonds is 6. The first-order chi connectivity index (χ1) is 7.69. The van der Waals surface area contributed by atoms with Gasteiger partial charge in [-0.25, -0.2) is 0 Å². The summed E-state index contributed by atoms with van der Waals surface area (Å²) in [5.41, 5.74) is 10.7. The Labute approximate surface area is 107 Å². The summed E-state index contributed by atoms with van der Waals surface area (Å²) in [6, 6.07) is -0.852. The van der Waals surface area contributed by atoms with Gasteiger partial charge in [0.05, 0.1) is 0 Å². The number of halogens is 1. The molecule has 17 heavy (non-hydrogen) atoms. The minimum Gasteiger partial charge on any atom is -0.343 e. The van der Waals surface area contributed by atoms with E-state index in [0.717, 1.165) is 12.8 Å². The first-order valence-corrected chi connectivity index (χ1v) is 5.70. The van der Waals surface area contributed by atoms with Crippen LogP contribution in [0.4, 0.5) is 0 Å². The molecule has 0 radical (unpaired) electrons. The molecule has 1 aliphatic heterocycles. The van der Waals surface area contributed by atoms with Crippen molar-refractivity contribution in [1.82, 2.24) is 10.6 Å². The predicted molar refractivity (Wildman–Crippen MR) is 67.7 cm³/mol. The van der Waals surface area contributed by atoms with E-state index in [-0.39, 0.29) is 24.2 Å². The average Bonchev–Trinajstić information content (AvgIpc) is 2.28. The zero-order valence-electron chi connectivity index (χ0n) is 9.78. The van der Waals surface area contributed by atoms with E-state index in [4.69, 9.17) is 11.5 Å². The molecule has 2 amide bonds. The topological polar surface area (TPSA) is 110 Å². The van der Waals surface area contributed by atoms with Gasteiger partial charge >= 0.3 is 0 Å². The third-order valence-corrected chi connectivity index (χ3v) is 2.66. The lowest BCUT2D eigenvalue weighted by Crippen LogP contribution is -2.61. The fourth-order valence-electron chi connectivity index (χ4n) is 1.73. The van der Waals surface area contributed by atoms with Gasteiger partial charge in [-0.3, -0.25) is 9.59 Å². The van der Waals surface area contributed by atoms with Gasteiger partial charge in [-0.2, -0.15) is 0 Å². The van der Waals surface area contributed by atoms with Crippen molar-refractivity contribution in [3.63, 3.8) is 0 Å². The number of hydrogen-bond donors (Lipinski definition) is 4. The average molecular weight is 265 g/mol. The second-order valence-corrected chi connectivity index (χ2v) is 3.98. The lowest BCUT2D eigenvalue weighted by Gasteiger charge is -2.29. The van der Waals surface area contributed by atoms with Crippen LogP contribution in [0, 0.1) is 0 Å². The number of carbonyl (C=O) groups excluding carboxylic acids is 2. The molecule has 0 aliphatic carbocycles. The normalized spacial score (nSPS) is 23.6. The van der Waals surface area contributed by atoms with Crippen molar-refractivity contribution < 1.29 is 9.59 Å². The molecule has 1 saturated heterocycles. The van der Waals surface area contributed by atoms with Gasteiger partial charge in [-0.15, -0.1) is 12.4 Å². The van der Waals surface area contributed by atoms with Crippen LogP contribution >= 0.6 is 12.4 Å². The fourth-order valence-corrected chi connectivity index (χ4v) is 1.73. The minimum atomic E-state index is -0.426. The second-order valence-electron chi connectivity index (χ2n) is 3.98. The van der Waals surface area contributed by atoms with Crippen LogP contribution in [0.1, 0.15) is 25.7 Å². The van der Waals surface area contributed by atoms with E-state index < -0.39 is 12.1 Å². The molecule has 1 fully saturated rings. The van der Waals surface area contributed by atoms with Crippen molar-refractivity contribution in [3.8, 4) is 0 Å². The molecule has 1 aliphatic rings. The van der Waals surface area contributed by atoms with Gasteiger partial charge in [0.2, 0.25) is 11.8 Å². The molecule has 6 nitrogen and oxygen atoms in total. The van der Waals surface area contributed by atoms with Crippen LogP contribution in [0.25, 0.3) is 0 Å². The SMILES string of the molecule is Cl.NCCCC1NC(=O)C(CCCN)NC1=O. The van der Waals surface area contributed by atoms with Crippen LogP contribution in [0.5, 0.6) is 0 Å². The van der Waals surface area contributed by atoms with Crippen molar-refractivity contribution >= 4 is 24.2 Å². The highest BCUT2D eigenvalue weighted by atomic mass is 35.5. The minimum absolute atomic E-state index is 0. The third kappa shape index (κ3) is 4.89. The van der Waals surface area contributed by atoms with E-state index in [2.05, 4.69) is 10.6 Å². The van der Waals surface area contributed by atoms with Crippen LogP contribution in [-0.4, -0.2) is 37.0 Å². The molecule has 0 spiro atoms. The van der Waals surface area contributed by atoms with Crippen LogP contribution in [-0.2, 0) is 9.59 Å². The van der Waals surface area contributed by atoms with Crippen LogP contribution in [0.15, 0.2) is 0 Å². The van der Waals surface area contributed by atoms with Gasteiger partial charge in [-0.1, -0.05) is 0 Å². The Balaban J connectivity index is 0.00000256. The molecule has 0 saturated carbocycles. The summed E-state index contributed by atoms with van der Waals surface area (Å²) in [6.07, 6.45) is 2.65. The Morgan fingerprint density at radius 1 is 0.882 bits per heavy atom. The maximum atomic E-state index is 11.6. The summed E-state index contributed by atoms with van der Waals surface area (Å²) in [5, 5.41) is 5.43. The third-order valence-electron chi connectivity index (χ3n) is 2.66. The summed E-state index contributed by atoms with van der Waals surface area (Å²) in [4.78, 5) is 23.2. The summed E-state index contributed by atoms with van der Waals surface area (Å²) in [6.45, 7) is 1.05. The summed E-state index contributed by atoms with van der Waals surface area (Å²) in [7, 11) is 0. The monoisotopic (exact) mass is 264 g/mol. The van der Waals surface area contributed by atoms with E-state index in [1.165, 1.54) is 0 Å². The standard InChI is InChI=1S/C10H20N4O2.ClH/c11-5-1-3-7-9(15)14-8(4-2-6-12)10(16)13-7;/h7-8H,1-6,11-12H2,(H,13,16)(H,14,15);1H. The van der Waals surface area contributed by atoms with Gasteiger partial charge in [0.25, 0.3) is 0 Å². The second kappa shape index (κ2) is 8.27. The van der Waals surface area contributed by atoms with E-state index in [9.17, 15) is 9.59 Å². The molecule has 0 bridgehead atoms. The summed E-state index contributed by atoms with van der Waals surface area (Å²) >= 11 is 0. The summed E-state index contributed by atoms with van der Waals surface area (Å²) in [5.74, 6) is -0.231. The number of hydrogen-bond acceptors (Lipinski definition) is 4. The van der Waals surface area contributed by atoms with Gasteiger partial charge in [-0.05, 0) is 38.8 Å². The lowest BCUT2D eigenvalue weighted by atomic mass is 10.0. The molecule has 100 valence electrons. The number of nitrogens with one attached hydrogen (secondary N) is 2. The van der Waals surface area contributed by atoms with Gasteiger partial charge in [0.15, 0.2) is 0 Å². The largest absolute Gasteiger partial charge is 0.343 e.